The summed E-state index contributed by atoms with van der Waals surface area (Å²) in [5.41, 5.74) is 2.04. The fourth-order valence-electron chi connectivity index (χ4n) is 3.54. The van der Waals surface area contributed by atoms with Crippen LogP contribution in [0.4, 0.5) is 0 Å². The lowest BCUT2D eigenvalue weighted by molar-refractivity contribution is -0.139. The van der Waals surface area contributed by atoms with E-state index in [2.05, 4.69) is 4.72 Å². The Labute approximate surface area is 156 Å². The Bertz CT molecular complexity index is 1100. The van der Waals surface area contributed by atoms with Gasteiger partial charge in [-0.3, -0.25) is 4.79 Å². The molecule has 1 aliphatic rings. The first-order valence-corrected chi connectivity index (χ1v) is 10.3. The van der Waals surface area contributed by atoms with Crippen molar-refractivity contribution in [3.05, 3.63) is 65.4 Å². The third kappa shape index (κ3) is 3.36. The van der Waals surface area contributed by atoms with Gasteiger partial charge in [0.25, 0.3) is 0 Å². The summed E-state index contributed by atoms with van der Waals surface area (Å²) in [4.78, 5) is 11.6. The number of benzene rings is 2. The number of hydrogen-bond donors (Lipinski definition) is 2. The molecule has 7 heteroatoms. The molecule has 0 radical (unpaired) electrons. The van der Waals surface area contributed by atoms with Crippen molar-refractivity contribution < 1.29 is 22.7 Å². The molecule has 4 rings (SSSR count). The lowest BCUT2D eigenvalue weighted by Crippen LogP contribution is -2.33. The van der Waals surface area contributed by atoms with Crippen molar-refractivity contribution >= 4 is 27.0 Å². The molecule has 2 N–H and O–H groups in total. The number of rotatable bonds is 5. The van der Waals surface area contributed by atoms with E-state index in [4.69, 9.17) is 4.42 Å². The summed E-state index contributed by atoms with van der Waals surface area (Å²) < 4.78 is 33.7. The van der Waals surface area contributed by atoms with Crippen molar-refractivity contribution in [2.75, 3.05) is 0 Å². The monoisotopic (exact) mass is 385 g/mol. The highest BCUT2D eigenvalue weighted by molar-refractivity contribution is 7.89. The molecule has 27 heavy (non-hydrogen) atoms. The van der Waals surface area contributed by atoms with Gasteiger partial charge < -0.3 is 9.52 Å². The molecule has 1 aromatic heterocycles. The summed E-state index contributed by atoms with van der Waals surface area (Å²) in [6.07, 6.45) is 3.96. The number of furan rings is 1. The zero-order valence-electron chi connectivity index (χ0n) is 14.5. The van der Waals surface area contributed by atoms with Crippen LogP contribution < -0.4 is 4.72 Å². The lowest BCUT2D eigenvalue weighted by Gasteiger charge is -2.15. The van der Waals surface area contributed by atoms with Gasteiger partial charge >= 0.3 is 5.97 Å². The number of aryl methyl sites for hydroxylation is 2. The summed E-state index contributed by atoms with van der Waals surface area (Å²) in [7, 11) is -4.04. The van der Waals surface area contributed by atoms with Gasteiger partial charge in [-0.1, -0.05) is 30.3 Å². The summed E-state index contributed by atoms with van der Waals surface area (Å²) in [6, 6.07) is 11.6. The second kappa shape index (κ2) is 6.83. The van der Waals surface area contributed by atoms with Crippen LogP contribution in [0.25, 0.3) is 11.0 Å². The molecule has 1 atom stereocenters. The molecule has 0 saturated carbocycles. The minimum atomic E-state index is -4.04. The van der Waals surface area contributed by atoms with Crippen LogP contribution in [0, 0.1) is 0 Å². The molecule has 1 heterocycles. The molecule has 1 aliphatic carbocycles. The van der Waals surface area contributed by atoms with Gasteiger partial charge in [0.1, 0.15) is 17.4 Å². The third-order valence-corrected chi connectivity index (χ3v) is 6.31. The molecular weight excluding hydrogens is 366 g/mol. The van der Waals surface area contributed by atoms with Crippen molar-refractivity contribution in [3.8, 4) is 0 Å². The van der Waals surface area contributed by atoms with E-state index in [1.165, 1.54) is 12.1 Å². The minimum Gasteiger partial charge on any atom is -0.480 e. The minimum absolute atomic E-state index is 0.0109. The highest BCUT2D eigenvalue weighted by atomic mass is 32.2. The van der Waals surface area contributed by atoms with E-state index in [-0.39, 0.29) is 4.90 Å². The Kier molecular flexibility index (Phi) is 4.49. The predicted octanol–water partition coefficient (Wildman–Crippen LogP) is 3.42. The average molecular weight is 385 g/mol. The number of fused-ring (bicyclic) bond motifs is 3. The van der Waals surface area contributed by atoms with E-state index in [1.54, 1.807) is 36.4 Å². The van der Waals surface area contributed by atoms with Crippen LogP contribution in [0.1, 0.15) is 35.8 Å². The first kappa shape index (κ1) is 17.8. The van der Waals surface area contributed by atoms with Gasteiger partial charge in [0, 0.05) is 23.4 Å². The predicted molar refractivity (Wildman–Crippen MR) is 100.0 cm³/mol. The maximum atomic E-state index is 12.8. The van der Waals surface area contributed by atoms with E-state index in [0.29, 0.717) is 11.1 Å². The van der Waals surface area contributed by atoms with E-state index < -0.39 is 22.0 Å². The Morgan fingerprint density at radius 1 is 1.07 bits per heavy atom. The average Bonchev–Trinajstić information content (AvgIpc) is 3.04. The van der Waals surface area contributed by atoms with Crippen LogP contribution in [0.3, 0.4) is 0 Å². The Hall–Kier alpha value is -2.64. The zero-order valence-corrected chi connectivity index (χ0v) is 15.3. The first-order valence-electron chi connectivity index (χ1n) is 8.80. The van der Waals surface area contributed by atoms with Gasteiger partial charge in [0.15, 0.2) is 0 Å². The maximum Gasteiger partial charge on any atom is 0.326 e. The number of sulfonamides is 1. The molecule has 0 spiro atoms. The molecule has 0 amide bonds. The molecule has 2 aromatic carbocycles. The number of carboxylic acid groups (broad SMARTS) is 1. The molecule has 0 saturated heterocycles. The van der Waals surface area contributed by atoms with E-state index in [1.807, 2.05) is 0 Å². The molecule has 3 aromatic rings. The van der Waals surface area contributed by atoms with E-state index in [0.717, 1.165) is 42.4 Å². The first-order chi connectivity index (χ1) is 13.0. The number of aliphatic carboxylic acids is 1. The Morgan fingerprint density at radius 2 is 1.81 bits per heavy atom. The van der Waals surface area contributed by atoms with Crippen LogP contribution in [-0.2, 0) is 27.7 Å². The topological polar surface area (TPSA) is 96.6 Å². The number of carboxylic acids is 1. The van der Waals surface area contributed by atoms with Crippen LogP contribution in [0.15, 0.2) is 57.8 Å². The second-order valence-electron chi connectivity index (χ2n) is 6.67. The summed E-state index contributed by atoms with van der Waals surface area (Å²) >= 11 is 0. The molecule has 140 valence electrons. The van der Waals surface area contributed by atoms with Crippen molar-refractivity contribution in [1.82, 2.24) is 4.72 Å². The number of carbonyl (C=O) groups is 1. The van der Waals surface area contributed by atoms with E-state index >= 15 is 0 Å². The van der Waals surface area contributed by atoms with Crippen molar-refractivity contribution in [1.29, 1.82) is 0 Å². The fraction of sp³-hybridized carbons (Fsp3) is 0.250. The van der Waals surface area contributed by atoms with Gasteiger partial charge in [-0.2, -0.15) is 4.72 Å². The number of nitrogens with one attached hydrogen (secondary N) is 1. The summed E-state index contributed by atoms with van der Waals surface area (Å²) in [6.45, 7) is 0. The van der Waals surface area contributed by atoms with Crippen LogP contribution in [-0.4, -0.2) is 19.5 Å². The molecule has 0 unspecified atom stereocenters. The third-order valence-electron chi connectivity index (χ3n) is 4.89. The molecule has 0 fully saturated rings. The van der Waals surface area contributed by atoms with Crippen LogP contribution in [0.5, 0.6) is 0 Å². The van der Waals surface area contributed by atoms with Crippen molar-refractivity contribution in [3.63, 3.8) is 0 Å². The van der Waals surface area contributed by atoms with E-state index in [9.17, 15) is 18.3 Å². The zero-order chi connectivity index (χ0) is 19.0. The molecule has 0 aliphatic heterocycles. The van der Waals surface area contributed by atoms with Crippen LogP contribution in [0.2, 0.25) is 0 Å². The van der Waals surface area contributed by atoms with Crippen molar-refractivity contribution in [2.24, 2.45) is 0 Å². The molecule has 0 bridgehead atoms. The van der Waals surface area contributed by atoms with Crippen LogP contribution >= 0.6 is 0 Å². The van der Waals surface area contributed by atoms with Gasteiger partial charge in [-0.15, -0.1) is 0 Å². The molecular formula is C20H19NO5S. The SMILES string of the molecule is O=C(O)[C@H](NS(=O)(=O)c1ccc2c3c(oc2c1)CCCC3)c1ccccc1. The summed E-state index contributed by atoms with van der Waals surface area (Å²) in [5.74, 6) is -0.342. The second-order valence-corrected chi connectivity index (χ2v) is 8.39. The normalized spacial score (nSPS) is 15.4. The van der Waals surface area contributed by atoms with Gasteiger partial charge in [0.2, 0.25) is 10.0 Å². The number of hydrogen-bond acceptors (Lipinski definition) is 4. The van der Waals surface area contributed by atoms with Gasteiger partial charge in [0.05, 0.1) is 4.90 Å². The largest absolute Gasteiger partial charge is 0.480 e. The highest BCUT2D eigenvalue weighted by Gasteiger charge is 2.28. The standard InChI is InChI=1S/C20H19NO5S/c22-20(23)19(13-6-2-1-3-7-13)21-27(24,25)14-10-11-16-15-8-4-5-9-17(15)26-18(16)12-14/h1-3,6-7,10-12,19,21H,4-5,8-9H2,(H,22,23)/t19-/m1/s1. The van der Waals surface area contributed by atoms with Gasteiger partial charge in [-0.05, 0) is 37.0 Å². The Balaban J connectivity index is 1.69. The maximum absolute atomic E-state index is 12.8. The lowest BCUT2D eigenvalue weighted by atomic mass is 9.96. The van der Waals surface area contributed by atoms with Crippen molar-refractivity contribution in [2.45, 2.75) is 36.6 Å². The fourth-order valence-corrected chi connectivity index (χ4v) is 4.73. The van der Waals surface area contributed by atoms with Gasteiger partial charge in [-0.25, -0.2) is 8.42 Å². The molecule has 6 nitrogen and oxygen atoms in total. The highest BCUT2D eigenvalue weighted by Crippen LogP contribution is 2.33. The summed E-state index contributed by atoms with van der Waals surface area (Å²) in [5, 5.41) is 10.4. The quantitative estimate of drug-likeness (QED) is 0.701. The Morgan fingerprint density at radius 3 is 2.56 bits per heavy atom. The smallest absolute Gasteiger partial charge is 0.326 e.